The van der Waals surface area contributed by atoms with E-state index in [1.54, 1.807) is 25.3 Å². The Bertz CT molecular complexity index is 1360. The first-order valence-corrected chi connectivity index (χ1v) is 14.6. The minimum atomic E-state index is -0.959. The van der Waals surface area contributed by atoms with Gasteiger partial charge in [0.25, 0.3) is 0 Å². The van der Waals surface area contributed by atoms with E-state index in [0.717, 1.165) is 51.3 Å². The van der Waals surface area contributed by atoms with Crippen molar-refractivity contribution in [2.45, 2.75) is 57.7 Å². The molecule has 9 nitrogen and oxygen atoms in total. The van der Waals surface area contributed by atoms with Gasteiger partial charge in [-0.1, -0.05) is 60.7 Å². The number of fused-ring (bicyclic) bond motifs is 1. The van der Waals surface area contributed by atoms with E-state index in [9.17, 15) is 4.79 Å². The maximum atomic E-state index is 12.5. The fourth-order valence-electron chi connectivity index (χ4n) is 5.26. The molecular formula is C32H40N6O3. The minimum Gasteiger partial charge on any atom is -0.465 e. The Balaban J connectivity index is 1.10. The van der Waals surface area contributed by atoms with Crippen LogP contribution in [0.25, 0.3) is 5.65 Å². The number of carbonyl (C=O) groups is 1. The second kappa shape index (κ2) is 13.2. The summed E-state index contributed by atoms with van der Waals surface area (Å²) in [6, 6.07) is 24.8. The smallest absolute Gasteiger partial charge is 0.319 e. The summed E-state index contributed by atoms with van der Waals surface area (Å²) in [5.41, 5.74) is 2.03. The van der Waals surface area contributed by atoms with E-state index in [2.05, 4.69) is 74.0 Å². The lowest BCUT2D eigenvalue weighted by molar-refractivity contribution is -0.149. The van der Waals surface area contributed by atoms with Crippen molar-refractivity contribution in [3.63, 3.8) is 0 Å². The first-order valence-electron chi connectivity index (χ1n) is 14.6. The molecule has 9 heteroatoms. The summed E-state index contributed by atoms with van der Waals surface area (Å²) in [5, 5.41) is 16.5. The third-order valence-corrected chi connectivity index (χ3v) is 7.63. The summed E-state index contributed by atoms with van der Waals surface area (Å²) in [5.74, 6) is 0.832. The largest absolute Gasteiger partial charge is 0.465 e. The molecule has 2 aromatic carbocycles. The van der Waals surface area contributed by atoms with Crippen molar-refractivity contribution in [2.24, 2.45) is 0 Å². The highest BCUT2D eigenvalue weighted by Gasteiger charge is 2.37. The van der Waals surface area contributed by atoms with Gasteiger partial charge < -0.3 is 19.7 Å². The van der Waals surface area contributed by atoms with Crippen LogP contribution in [0, 0.1) is 0 Å². The Labute approximate surface area is 241 Å². The van der Waals surface area contributed by atoms with Gasteiger partial charge in [-0.15, -0.1) is 15.3 Å². The molecule has 216 valence electrons. The molecule has 0 bridgehead atoms. The van der Waals surface area contributed by atoms with Crippen LogP contribution in [-0.2, 0) is 19.7 Å². The number of ether oxygens (including phenoxy) is 2. The van der Waals surface area contributed by atoms with E-state index in [1.165, 1.54) is 11.1 Å². The fourth-order valence-corrected chi connectivity index (χ4v) is 5.26. The third-order valence-electron chi connectivity index (χ3n) is 7.63. The predicted octanol–water partition coefficient (Wildman–Crippen LogP) is 5.04. The fraction of sp³-hybridized carbons (Fsp3) is 0.438. The maximum absolute atomic E-state index is 12.5. The molecule has 0 radical (unpaired) electrons. The molecule has 0 aliphatic carbocycles. The Morgan fingerprint density at radius 2 is 1.63 bits per heavy atom. The lowest BCUT2D eigenvalue weighted by atomic mass is 9.93. The van der Waals surface area contributed by atoms with Crippen LogP contribution < -0.4 is 5.32 Å². The molecule has 0 spiro atoms. The van der Waals surface area contributed by atoms with Crippen molar-refractivity contribution in [3.8, 4) is 0 Å². The Hall–Kier alpha value is -3.82. The molecule has 3 heterocycles. The first kappa shape index (κ1) is 28.7. The van der Waals surface area contributed by atoms with Gasteiger partial charge in [0.05, 0.1) is 12.7 Å². The number of anilines is 1. The quantitative estimate of drug-likeness (QED) is 0.192. The van der Waals surface area contributed by atoms with Crippen LogP contribution in [-0.4, -0.2) is 69.6 Å². The third kappa shape index (κ3) is 6.92. The van der Waals surface area contributed by atoms with Crippen molar-refractivity contribution >= 4 is 17.4 Å². The number of piperidine rings is 1. The molecule has 2 aromatic heterocycles. The number of likely N-dealkylation sites (tertiary alicyclic amines) is 1. The predicted molar refractivity (Wildman–Crippen MR) is 159 cm³/mol. The molecule has 5 rings (SSSR count). The van der Waals surface area contributed by atoms with Gasteiger partial charge in [-0.05, 0) is 69.8 Å². The Morgan fingerprint density at radius 1 is 0.976 bits per heavy atom. The number of nitrogens with one attached hydrogen (secondary N) is 1. The summed E-state index contributed by atoms with van der Waals surface area (Å²) in [6.45, 7) is 9.51. The van der Waals surface area contributed by atoms with Crippen molar-refractivity contribution in [3.05, 3.63) is 89.7 Å². The topological polar surface area (TPSA) is 93.9 Å². The van der Waals surface area contributed by atoms with Gasteiger partial charge in [0.1, 0.15) is 17.3 Å². The SMILES string of the molecule is CCOC(=O)C(C)(C)c1nnc2ccc(NCCCN3CCC(OC(c4ccccc4)c4ccccc4)CC3)nn12. The maximum Gasteiger partial charge on any atom is 0.319 e. The first-order chi connectivity index (χ1) is 20.0. The standard InChI is InChI=1S/C32H40N6O3/c1-4-40-31(39)32(2,3)30-35-34-28-17-16-27(36-38(28)30)33-20-11-21-37-22-18-26(19-23-37)41-29(24-12-7-5-8-13-24)25-14-9-6-10-15-25/h5-10,12-17,26,29H,4,11,18-23H2,1-3H3,(H,33,36). The summed E-state index contributed by atoms with van der Waals surface area (Å²) in [6.07, 6.45) is 3.23. The molecule has 0 amide bonds. The number of hydrogen-bond acceptors (Lipinski definition) is 8. The average molecular weight is 557 g/mol. The second-order valence-electron chi connectivity index (χ2n) is 11.0. The minimum absolute atomic E-state index is 0.0444. The summed E-state index contributed by atoms with van der Waals surface area (Å²) < 4.78 is 13.6. The number of nitrogens with zero attached hydrogens (tertiary/aromatic N) is 5. The van der Waals surface area contributed by atoms with Crippen molar-refractivity contribution < 1.29 is 14.3 Å². The highest BCUT2D eigenvalue weighted by molar-refractivity contribution is 5.81. The molecular weight excluding hydrogens is 516 g/mol. The van der Waals surface area contributed by atoms with Gasteiger partial charge in [-0.3, -0.25) is 4.79 Å². The van der Waals surface area contributed by atoms with Gasteiger partial charge in [-0.25, -0.2) is 0 Å². The molecule has 0 saturated carbocycles. The zero-order valence-electron chi connectivity index (χ0n) is 24.2. The highest BCUT2D eigenvalue weighted by atomic mass is 16.5. The van der Waals surface area contributed by atoms with Crippen LogP contribution >= 0.6 is 0 Å². The molecule has 1 aliphatic heterocycles. The number of aromatic nitrogens is 4. The van der Waals surface area contributed by atoms with E-state index < -0.39 is 5.41 Å². The van der Waals surface area contributed by atoms with Gasteiger partial charge in [0.15, 0.2) is 11.5 Å². The monoisotopic (exact) mass is 556 g/mol. The molecule has 0 atom stereocenters. The summed E-state index contributed by atoms with van der Waals surface area (Å²) in [4.78, 5) is 15.0. The lowest BCUT2D eigenvalue weighted by Gasteiger charge is -2.34. The molecule has 4 aromatic rings. The number of benzene rings is 2. The van der Waals surface area contributed by atoms with Crippen molar-refractivity contribution in [1.29, 1.82) is 0 Å². The zero-order valence-corrected chi connectivity index (χ0v) is 24.2. The van der Waals surface area contributed by atoms with Crippen LogP contribution in [0.5, 0.6) is 0 Å². The molecule has 1 N–H and O–H groups in total. The van der Waals surface area contributed by atoms with Crippen molar-refractivity contribution in [1.82, 2.24) is 24.7 Å². The van der Waals surface area contributed by atoms with Crippen LogP contribution in [0.4, 0.5) is 5.82 Å². The van der Waals surface area contributed by atoms with Gasteiger partial charge in [0.2, 0.25) is 0 Å². The zero-order chi connectivity index (χ0) is 28.7. The van der Waals surface area contributed by atoms with E-state index in [4.69, 9.17) is 9.47 Å². The normalized spacial score (nSPS) is 14.9. The lowest BCUT2D eigenvalue weighted by Crippen LogP contribution is -2.38. The Kier molecular flexibility index (Phi) is 9.26. The number of rotatable bonds is 12. The van der Waals surface area contributed by atoms with Gasteiger partial charge in [0, 0.05) is 19.6 Å². The van der Waals surface area contributed by atoms with Crippen LogP contribution in [0.3, 0.4) is 0 Å². The van der Waals surface area contributed by atoms with Gasteiger partial charge in [-0.2, -0.15) is 4.52 Å². The van der Waals surface area contributed by atoms with E-state index in [0.29, 0.717) is 18.1 Å². The molecule has 1 saturated heterocycles. The number of esters is 1. The van der Waals surface area contributed by atoms with E-state index in [-0.39, 0.29) is 18.2 Å². The average Bonchev–Trinajstić information content (AvgIpc) is 3.44. The van der Waals surface area contributed by atoms with Crippen molar-refractivity contribution in [2.75, 3.05) is 38.1 Å². The molecule has 1 fully saturated rings. The van der Waals surface area contributed by atoms with Gasteiger partial charge >= 0.3 is 5.97 Å². The number of hydrogen-bond donors (Lipinski definition) is 1. The molecule has 1 aliphatic rings. The van der Waals surface area contributed by atoms with E-state index >= 15 is 0 Å². The van der Waals surface area contributed by atoms with Crippen LogP contribution in [0.1, 0.15) is 63.1 Å². The highest BCUT2D eigenvalue weighted by Crippen LogP contribution is 2.30. The Morgan fingerprint density at radius 3 is 2.27 bits per heavy atom. The summed E-state index contributed by atoms with van der Waals surface area (Å²) in [7, 11) is 0. The molecule has 41 heavy (non-hydrogen) atoms. The van der Waals surface area contributed by atoms with Crippen LogP contribution in [0.15, 0.2) is 72.8 Å². The molecule has 0 unspecified atom stereocenters. The van der Waals surface area contributed by atoms with E-state index in [1.807, 2.05) is 24.3 Å². The summed E-state index contributed by atoms with van der Waals surface area (Å²) >= 11 is 0. The van der Waals surface area contributed by atoms with Crippen LogP contribution in [0.2, 0.25) is 0 Å². The number of carbonyl (C=O) groups excluding carboxylic acids is 1. The second-order valence-corrected chi connectivity index (χ2v) is 11.0.